The summed E-state index contributed by atoms with van der Waals surface area (Å²) in [7, 11) is 0. The molecule has 0 spiro atoms. The molecule has 0 radical (unpaired) electrons. The minimum absolute atomic E-state index is 0.0422. The van der Waals surface area contributed by atoms with Crippen molar-refractivity contribution in [3.05, 3.63) is 144 Å². The van der Waals surface area contributed by atoms with E-state index in [-0.39, 0.29) is 21.7 Å². The van der Waals surface area contributed by atoms with E-state index in [9.17, 15) is 0 Å². The molecule has 0 aliphatic heterocycles. The van der Waals surface area contributed by atoms with Crippen molar-refractivity contribution >= 4 is 43.6 Å². The van der Waals surface area contributed by atoms with E-state index in [0.29, 0.717) is 0 Å². The van der Waals surface area contributed by atoms with Crippen LogP contribution in [-0.2, 0) is 21.7 Å². The van der Waals surface area contributed by atoms with Crippen molar-refractivity contribution < 1.29 is 0 Å². The third-order valence-corrected chi connectivity index (χ3v) is 11.4. The monoisotopic (exact) mass is 708 g/mol. The Balaban J connectivity index is 1.36. The Morgan fingerprint density at radius 2 is 0.704 bits per heavy atom. The fourth-order valence-corrected chi connectivity index (χ4v) is 8.39. The van der Waals surface area contributed by atoms with Gasteiger partial charge in [0.25, 0.3) is 0 Å². The zero-order valence-corrected chi connectivity index (χ0v) is 34.4. The topological polar surface area (TPSA) is 9.86 Å². The second-order valence-electron chi connectivity index (χ2n) is 19.6. The van der Waals surface area contributed by atoms with Crippen molar-refractivity contribution in [3.63, 3.8) is 0 Å². The molecule has 0 N–H and O–H groups in total. The van der Waals surface area contributed by atoms with Crippen LogP contribution in [0.3, 0.4) is 0 Å². The van der Waals surface area contributed by atoms with Crippen LogP contribution in [-0.4, -0.2) is 9.13 Å². The summed E-state index contributed by atoms with van der Waals surface area (Å²) in [5, 5.41) is 5.25. The molecule has 274 valence electrons. The first-order valence-corrected chi connectivity index (χ1v) is 19.7. The standard InChI is InChI=1S/C52H56N2/c1-49(2,3)35-29-41-39-23-13-15-25-45(39)53(47(41)43(31-35)51(7,8)9)37-21-17-19-33(27-37)34-20-18-22-38(28-34)54-46-26-16-14-24-40(46)42-30-36(50(4,5)6)32-44(48(42)54)52(10,11)12/h13-32H,1-12H3. The Bertz CT molecular complexity index is 2540. The Labute approximate surface area is 322 Å². The van der Waals surface area contributed by atoms with E-state index in [1.165, 1.54) is 88.4 Å². The Morgan fingerprint density at radius 1 is 0.333 bits per heavy atom. The number of aromatic nitrogens is 2. The highest BCUT2D eigenvalue weighted by Crippen LogP contribution is 2.44. The van der Waals surface area contributed by atoms with E-state index in [2.05, 4.69) is 214 Å². The van der Waals surface area contributed by atoms with Gasteiger partial charge in [0.2, 0.25) is 0 Å². The lowest BCUT2D eigenvalue weighted by molar-refractivity contribution is 0.571. The number of benzene rings is 6. The Morgan fingerprint density at radius 3 is 1.06 bits per heavy atom. The maximum Gasteiger partial charge on any atom is 0.0578 e. The van der Waals surface area contributed by atoms with Crippen LogP contribution in [0.15, 0.2) is 121 Å². The zero-order valence-electron chi connectivity index (χ0n) is 34.4. The van der Waals surface area contributed by atoms with Gasteiger partial charge < -0.3 is 9.13 Å². The first-order valence-electron chi connectivity index (χ1n) is 19.7. The van der Waals surface area contributed by atoms with Crippen LogP contribution in [0.25, 0.3) is 66.1 Å². The van der Waals surface area contributed by atoms with Crippen molar-refractivity contribution in [3.8, 4) is 22.5 Å². The molecule has 54 heavy (non-hydrogen) atoms. The van der Waals surface area contributed by atoms with Gasteiger partial charge in [0.15, 0.2) is 0 Å². The molecule has 0 fully saturated rings. The van der Waals surface area contributed by atoms with Crippen LogP contribution in [0.1, 0.15) is 105 Å². The number of nitrogens with zero attached hydrogens (tertiary/aromatic N) is 2. The van der Waals surface area contributed by atoms with Crippen LogP contribution in [0.2, 0.25) is 0 Å². The zero-order chi connectivity index (χ0) is 38.5. The summed E-state index contributed by atoms with van der Waals surface area (Å²) < 4.78 is 5.03. The lowest BCUT2D eigenvalue weighted by Gasteiger charge is -2.27. The lowest BCUT2D eigenvalue weighted by atomic mass is 9.79. The minimum atomic E-state index is -0.0422. The van der Waals surface area contributed by atoms with Crippen molar-refractivity contribution in [2.75, 3.05) is 0 Å². The van der Waals surface area contributed by atoms with Crippen molar-refractivity contribution in [2.24, 2.45) is 0 Å². The molecule has 2 heterocycles. The van der Waals surface area contributed by atoms with Crippen molar-refractivity contribution in [1.29, 1.82) is 0 Å². The predicted octanol–water partition coefficient (Wildman–Crippen LogP) is 14.7. The van der Waals surface area contributed by atoms with E-state index >= 15 is 0 Å². The van der Waals surface area contributed by atoms with Crippen LogP contribution < -0.4 is 0 Å². The third kappa shape index (κ3) is 5.95. The van der Waals surface area contributed by atoms with E-state index in [4.69, 9.17) is 0 Å². The molecular formula is C52H56N2. The molecule has 8 aromatic rings. The molecule has 0 saturated carbocycles. The molecule has 0 bridgehead atoms. The smallest absolute Gasteiger partial charge is 0.0578 e. The summed E-state index contributed by atoms with van der Waals surface area (Å²) in [5.74, 6) is 0. The minimum Gasteiger partial charge on any atom is -0.309 e. The average molecular weight is 709 g/mol. The molecule has 0 aliphatic carbocycles. The molecule has 0 atom stereocenters. The fourth-order valence-electron chi connectivity index (χ4n) is 8.39. The second kappa shape index (κ2) is 12.2. The van der Waals surface area contributed by atoms with Gasteiger partial charge in [-0.2, -0.15) is 0 Å². The number of fused-ring (bicyclic) bond motifs is 6. The average Bonchev–Trinajstić information content (AvgIpc) is 3.62. The van der Waals surface area contributed by atoms with Crippen LogP contribution >= 0.6 is 0 Å². The molecule has 2 aromatic heterocycles. The molecule has 0 amide bonds. The summed E-state index contributed by atoms with van der Waals surface area (Å²) >= 11 is 0. The maximum atomic E-state index is 2.51. The van der Waals surface area contributed by atoms with Gasteiger partial charge in [-0.05, 0) is 104 Å². The quantitative estimate of drug-likeness (QED) is 0.173. The largest absolute Gasteiger partial charge is 0.309 e. The summed E-state index contributed by atoms with van der Waals surface area (Å²) in [6.07, 6.45) is 0. The molecule has 0 saturated heterocycles. The third-order valence-electron chi connectivity index (χ3n) is 11.4. The predicted molar refractivity (Wildman–Crippen MR) is 235 cm³/mol. The van der Waals surface area contributed by atoms with Gasteiger partial charge in [-0.1, -0.05) is 156 Å². The highest BCUT2D eigenvalue weighted by molar-refractivity contribution is 6.12. The molecule has 2 heteroatoms. The summed E-state index contributed by atoms with van der Waals surface area (Å²) in [6.45, 7) is 28.0. The molecule has 2 nitrogen and oxygen atoms in total. The van der Waals surface area contributed by atoms with Crippen LogP contribution in [0, 0.1) is 0 Å². The number of para-hydroxylation sites is 2. The Hall–Kier alpha value is -5.08. The summed E-state index contributed by atoms with van der Waals surface area (Å²) in [6, 6.07) is 46.0. The SMILES string of the molecule is CC(C)(C)c1cc(C(C)(C)C)c2c(c1)c1ccccc1n2-c1cccc(-c2cccc(-n3c4ccccc4c4cc(C(C)(C)C)cc(C(C)(C)C)c43)c2)c1. The van der Waals surface area contributed by atoms with Crippen LogP contribution in [0.5, 0.6) is 0 Å². The highest BCUT2D eigenvalue weighted by atomic mass is 15.0. The van der Waals surface area contributed by atoms with E-state index < -0.39 is 0 Å². The molecule has 0 aliphatic rings. The van der Waals surface area contributed by atoms with Crippen molar-refractivity contribution in [2.45, 2.75) is 105 Å². The van der Waals surface area contributed by atoms with Gasteiger partial charge in [-0.25, -0.2) is 0 Å². The molecule has 6 aromatic carbocycles. The maximum absolute atomic E-state index is 2.51. The van der Waals surface area contributed by atoms with E-state index in [1.807, 2.05) is 0 Å². The first-order chi connectivity index (χ1) is 25.3. The summed E-state index contributed by atoms with van der Waals surface area (Å²) in [4.78, 5) is 0. The number of hydrogen-bond donors (Lipinski definition) is 0. The number of rotatable bonds is 3. The first kappa shape index (κ1) is 35.9. The molecular weight excluding hydrogens is 653 g/mol. The lowest BCUT2D eigenvalue weighted by Crippen LogP contribution is -2.17. The number of hydrogen-bond acceptors (Lipinski definition) is 0. The summed E-state index contributed by atoms with van der Waals surface area (Å²) in [5.41, 5.74) is 15.4. The molecule has 8 rings (SSSR count). The molecule has 0 unspecified atom stereocenters. The second-order valence-corrected chi connectivity index (χ2v) is 19.6. The normalized spacial score (nSPS) is 13.2. The van der Waals surface area contributed by atoms with Gasteiger partial charge in [0, 0.05) is 32.9 Å². The van der Waals surface area contributed by atoms with Gasteiger partial charge in [0.1, 0.15) is 0 Å². The fraction of sp³-hybridized carbons (Fsp3) is 0.308. The van der Waals surface area contributed by atoms with Gasteiger partial charge >= 0.3 is 0 Å². The Kier molecular flexibility index (Phi) is 8.13. The van der Waals surface area contributed by atoms with E-state index in [1.54, 1.807) is 0 Å². The van der Waals surface area contributed by atoms with Gasteiger partial charge in [-0.15, -0.1) is 0 Å². The van der Waals surface area contributed by atoms with Gasteiger partial charge in [-0.3, -0.25) is 0 Å². The highest BCUT2D eigenvalue weighted by Gasteiger charge is 2.28. The van der Waals surface area contributed by atoms with Gasteiger partial charge in [0.05, 0.1) is 22.1 Å². The van der Waals surface area contributed by atoms with E-state index in [0.717, 1.165) is 0 Å². The van der Waals surface area contributed by atoms with Crippen LogP contribution in [0.4, 0.5) is 0 Å². The van der Waals surface area contributed by atoms with Crippen molar-refractivity contribution in [1.82, 2.24) is 9.13 Å².